The van der Waals surface area contributed by atoms with Crippen molar-refractivity contribution in [3.8, 4) is 0 Å². The van der Waals surface area contributed by atoms with Gasteiger partial charge < -0.3 is 5.32 Å². The highest BCUT2D eigenvalue weighted by Crippen LogP contribution is 2.31. The molecular formula is C16H16Cl3N. The van der Waals surface area contributed by atoms with E-state index >= 15 is 0 Å². The van der Waals surface area contributed by atoms with E-state index in [1.807, 2.05) is 0 Å². The lowest BCUT2D eigenvalue weighted by Gasteiger charge is -2.16. The summed E-state index contributed by atoms with van der Waals surface area (Å²) in [5, 5.41) is 5.09. The zero-order chi connectivity index (χ0) is 14.7. The molecule has 1 nitrogen and oxygen atoms in total. The quantitative estimate of drug-likeness (QED) is 0.699. The van der Waals surface area contributed by atoms with Crippen LogP contribution in [-0.4, -0.2) is 0 Å². The topological polar surface area (TPSA) is 12.0 Å². The molecule has 0 aromatic heterocycles. The molecule has 0 unspecified atom stereocenters. The first-order valence-electron chi connectivity index (χ1n) is 6.41. The third-order valence-electron chi connectivity index (χ3n) is 3.27. The Kier molecular flexibility index (Phi) is 5.34. The molecule has 0 heterocycles. The molecular weight excluding hydrogens is 313 g/mol. The summed E-state index contributed by atoms with van der Waals surface area (Å²) in [6, 6.07) is 12.1. The summed E-state index contributed by atoms with van der Waals surface area (Å²) >= 11 is 18.4. The first-order chi connectivity index (χ1) is 9.49. The fourth-order valence-corrected chi connectivity index (χ4v) is 2.72. The number of aryl methyl sites for hydroxylation is 1. The molecule has 0 saturated heterocycles. The van der Waals surface area contributed by atoms with Crippen LogP contribution in [0.2, 0.25) is 15.1 Å². The molecule has 2 aromatic carbocycles. The average molecular weight is 329 g/mol. The van der Waals surface area contributed by atoms with Crippen LogP contribution in [0.4, 0.5) is 0 Å². The highest BCUT2D eigenvalue weighted by Gasteiger charge is 2.11. The van der Waals surface area contributed by atoms with Gasteiger partial charge in [0.05, 0.1) is 10.0 Å². The van der Waals surface area contributed by atoms with E-state index < -0.39 is 0 Å². The molecule has 106 valence electrons. The first-order valence-corrected chi connectivity index (χ1v) is 7.54. The number of rotatable bonds is 4. The van der Waals surface area contributed by atoms with Gasteiger partial charge in [-0.15, -0.1) is 0 Å². The molecule has 2 aromatic rings. The fourth-order valence-electron chi connectivity index (χ4n) is 2.04. The monoisotopic (exact) mass is 327 g/mol. The van der Waals surface area contributed by atoms with E-state index in [1.165, 1.54) is 11.1 Å². The van der Waals surface area contributed by atoms with Crippen LogP contribution in [-0.2, 0) is 6.54 Å². The van der Waals surface area contributed by atoms with Crippen molar-refractivity contribution in [2.75, 3.05) is 0 Å². The van der Waals surface area contributed by atoms with Crippen LogP contribution < -0.4 is 5.32 Å². The van der Waals surface area contributed by atoms with Crippen molar-refractivity contribution in [1.82, 2.24) is 5.32 Å². The van der Waals surface area contributed by atoms with Crippen molar-refractivity contribution in [2.24, 2.45) is 0 Å². The Balaban J connectivity index is 2.11. The highest BCUT2D eigenvalue weighted by molar-refractivity contribution is 6.44. The van der Waals surface area contributed by atoms with Crippen molar-refractivity contribution in [3.05, 3.63) is 68.2 Å². The van der Waals surface area contributed by atoms with Crippen molar-refractivity contribution < 1.29 is 0 Å². The molecule has 0 radical (unpaired) electrons. The number of nitrogens with one attached hydrogen (secondary N) is 1. The van der Waals surface area contributed by atoms with Crippen LogP contribution in [0.1, 0.15) is 29.7 Å². The zero-order valence-electron chi connectivity index (χ0n) is 11.4. The third-order valence-corrected chi connectivity index (χ3v) is 4.46. The Morgan fingerprint density at radius 1 is 1.05 bits per heavy atom. The van der Waals surface area contributed by atoms with Gasteiger partial charge in [-0.2, -0.15) is 0 Å². The van der Waals surface area contributed by atoms with Crippen molar-refractivity contribution >= 4 is 34.8 Å². The predicted molar refractivity (Wildman–Crippen MR) is 87.9 cm³/mol. The predicted octanol–water partition coefficient (Wildman–Crippen LogP) is 5.81. The lowest BCUT2D eigenvalue weighted by Crippen LogP contribution is -2.18. The molecule has 0 aliphatic rings. The summed E-state index contributed by atoms with van der Waals surface area (Å²) in [6.07, 6.45) is 0. The molecule has 0 spiro atoms. The van der Waals surface area contributed by atoms with E-state index in [-0.39, 0.29) is 6.04 Å². The molecule has 0 aliphatic carbocycles. The van der Waals surface area contributed by atoms with Gasteiger partial charge in [0.25, 0.3) is 0 Å². The Hall–Kier alpha value is -0.730. The summed E-state index contributed by atoms with van der Waals surface area (Å²) < 4.78 is 0. The van der Waals surface area contributed by atoms with Gasteiger partial charge in [0.2, 0.25) is 0 Å². The van der Waals surface area contributed by atoms with Crippen molar-refractivity contribution in [3.63, 3.8) is 0 Å². The summed E-state index contributed by atoms with van der Waals surface area (Å²) in [7, 11) is 0. The van der Waals surface area contributed by atoms with Gasteiger partial charge in [0.1, 0.15) is 0 Å². The summed E-state index contributed by atoms with van der Waals surface area (Å²) in [6.45, 7) is 4.77. The van der Waals surface area contributed by atoms with Gasteiger partial charge in [0, 0.05) is 23.2 Å². The van der Waals surface area contributed by atoms with Gasteiger partial charge in [-0.3, -0.25) is 0 Å². The van der Waals surface area contributed by atoms with E-state index in [2.05, 4.69) is 43.4 Å². The van der Waals surface area contributed by atoms with E-state index in [9.17, 15) is 0 Å². The lowest BCUT2D eigenvalue weighted by atomic mass is 10.1. The molecule has 0 aliphatic heterocycles. The molecule has 1 N–H and O–H groups in total. The summed E-state index contributed by atoms with van der Waals surface area (Å²) in [5.41, 5.74) is 3.31. The number of benzene rings is 2. The van der Waals surface area contributed by atoms with E-state index in [4.69, 9.17) is 34.8 Å². The minimum absolute atomic E-state index is 0.209. The van der Waals surface area contributed by atoms with Crippen LogP contribution in [0.3, 0.4) is 0 Å². The summed E-state index contributed by atoms with van der Waals surface area (Å²) in [4.78, 5) is 0. The molecule has 0 fully saturated rings. The number of halogens is 3. The largest absolute Gasteiger partial charge is 0.306 e. The summed E-state index contributed by atoms with van der Waals surface area (Å²) in [5.74, 6) is 0. The second-order valence-corrected chi connectivity index (χ2v) is 6.03. The van der Waals surface area contributed by atoms with E-state index in [1.54, 1.807) is 12.1 Å². The SMILES string of the molecule is Cc1cccc([C@H](C)NCc2c(Cl)ccc(Cl)c2Cl)c1. The molecule has 4 heteroatoms. The van der Waals surface area contributed by atoms with Gasteiger partial charge in [-0.25, -0.2) is 0 Å². The van der Waals surface area contributed by atoms with Crippen LogP contribution in [0.25, 0.3) is 0 Å². The van der Waals surface area contributed by atoms with E-state index in [0.717, 1.165) is 5.56 Å². The second kappa shape index (κ2) is 6.82. The second-order valence-electron chi connectivity index (χ2n) is 4.84. The lowest BCUT2D eigenvalue weighted by molar-refractivity contribution is 0.574. The maximum Gasteiger partial charge on any atom is 0.0652 e. The highest BCUT2D eigenvalue weighted by atomic mass is 35.5. The molecule has 0 amide bonds. The Morgan fingerprint density at radius 3 is 2.45 bits per heavy atom. The Bertz CT molecular complexity index is 611. The van der Waals surface area contributed by atoms with Gasteiger partial charge >= 0.3 is 0 Å². The smallest absolute Gasteiger partial charge is 0.0652 e. The van der Waals surface area contributed by atoms with Crippen LogP contribution in [0.15, 0.2) is 36.4 Å². The standard InChI is InChI=1S/C16H16Cl3N/c1-10-4-3-5-12(8-10)11(2)20-9-13-14(17)6-7-15(18)16(13)19/h3-8,11,20H,9H2,1-2H3/t11-/m0/s1. The normalized spacial score (nSPS) is 12.4. The van der Waals surface area contributed by atoms with Crippen molar-refractivity contribution in [1.29, 1.82) is 0 Å². The van der Waals surface area contributed by atoms with Gasteiger partial charge in [-0.05, 0) is 31.5 Å². The molecule has 0 saturated carbocycles. The molecule has 1 atom stereocenters. The van der Waals surface area contributed by atoms with Gasteiger partial charge in [-0.1, -0.05) is 64.6 Å². The first kappa shape index (κ1) is 15.7. The van der Waals surface area contributed by atoms with Crippen LogP contribution in [0, 0.1) is 6.92 Å². The van der Waals surface area contributed by atoms with Crippen LogP contribution >= 0.6 is 34.8 Å². The van der Waals surface area contributed by atoms with E-state index in [0.29, 0.717) is 21.6 Å². The third kappa shape index (κ3) is 3.67. The minimum Gasteiger partial charge on any atom is -0.306 e. The maximum atomic E-state index is 6.20. The maximum absolute atomic E-state index is 6.20. The van der Waals surface area contributed by atoms with Crippen LogP contribution in [0.5, 0.6) is 0 Å². The van der Waals surface area contributed by atoms with Crippen molar-refractivity contribution in [2.45, 2.75) is 26.4 Å². The Morgan fingerprint density at radius 2 is 1.75 bits per heavy atom. The van der Waals surface area contributed by atoms with Gasteiger partial charge in [0.15, 0.2) is 0 Å². The molecule has 2 rings (SSSR count). The number of hydrogen-bond acceptors (Lipinski definition) is 1. The molecule has 20 heavy (non-hydrogen) atoms. The Labute approximate surface area is 134 Å². The molecule has 0 bridgehead atoms. The number of hydrogen-bond donors (Lipinski definition) is 1. The minimum atomic E-state index is 0.209. The fraction of sp³-hybridized carbons (Fsp3) is 0.250. The zero-order valence-corrected chi connectivity index (χ0v) is 13.7. The average Bonchev–Trinajstić information content (AvgIpc) is 2.43.